The van der Waals surface area contributed by atoms with E-state index < -0.39 is 33.8 Å². The molecule has 0 radical (unpaired) electrons. The summed E-state index contributed by atoms with van der Waals surface area (Å²) in [7, 11) is 1.81. The third-order valence-corrected chi connectivity index (χ3v) is 5.46. The molecule has 0 aliphatic heterocycles. The third kappa shape index (κ3) is 5.00. The Balaban J connectivity index is 3.52. The topological polar surface area (TPSA) is 97.4 Å². The van der Waals surface area contributed by atoms with Crippen molar-refractivity contribution in [3.8, 4) is 0 Å². The Morgan fingerprint density at radius 3 is 2.05 bits per heavy atom. The van der Waals surface area contributed by atoms with Gasteiger partial charge in [-0.3, -0.25) is 4.79 Å². The van der Waals surface area contributed by atoms with Crippen LogP contribution in [-0.4, -0.2) is 22.7 Å². The summed E-state index contributed by atoms with van der Waals surface area (Å²) in [4.78, 5) is 10.3. The van der Waals surface area contributed by atoms with Gasteiger partial charge in [-0.25, -0.2) is 16.8 Å². The van der Waals surface area contributed by atoms with Crippen LogP contribution in [0.15, 0.2) is 21.9 Å². The van der Waals surface area contributed by atoms with Crippen LogP contribution in [0.2, 0.25) is 5.02 Å². The molecule has 0 atom stereocenters. The first-order valence-electron chi connectivity index (χ1n) is 5.49. The maximum absolute atomic E-state index is 11.5. The van der Waals surface area contributed by atoms with Crippen molar-refractivity contribution >= 4 is 62.7 Å². The predicted octanol–water partition coefficient (Wildman–Crippen LogP) is 2.93. The summed E-state index contributed by atoms with van der Waals surface area (Å²) in [5, 5.41) is 1.98. The molecule has 0 aliphatic rings. The van der Waals surface area contributed by atoms with Gasteiger partial charge in [-0.1, -0.05) is 18.5 Å². The lowest BCUT2D eigenvalue weighted by Gasteiger charge is -2.11. The Labute approximate surface area is 136 Å². The first kappa shape index (κ1) is 18.5. The molecular formula is C10H10Cl3NO5S2. The lowest BCUT2D eigenvalue weighted by atomic mass is 10.3. The van der Waals surface area contributed by atoms with Crippen molar-refractivity contribution in [3.63, 3.8) is 0 Å². The van der Waals surface area contributed by atoms with Gasteiger partial charge in [0, 0.05) is 27.8 Å². The van der Waals surface area contributed by atoms with Crippen LogP contribution in [0, 0.1) is 0 Å². The zero-order valence-electron chi connectivity index (χ0n) is 10.6. The van der Waals surface area contributed by atoms with Crippen LogP contribution in [0.1, 0.15) is 19.8 Å². The smallest absolute Gasteiger partial charge is 0.263 e. The Kier molecular flexibility index (Phi) is 5.91. The lowest BCUT2D eigenvalue weighted by Crippen LogP contribution is -2.13. The average molecular weight is 395 g/mol. The first-order chi connectivity index (χ1) is 9.46. The molecule has 0 heterocycles. The van der Waals surface area contributed by atoms with Gasteiger partial charge in [0.2, 0.25) is 5.91 Å². The minimum atomic E-state index is -4.32. The molecule has 0 bridgehead atoms. The largest absolute Gasteiger partial charge is 0.325 e. The summed E-state index contributed by atoms with van der Waals surface area (Å²) in [5.74, 6) is -0.461. The molecule has 1 N–H and O–H groups in total. The Bertz CT molecular complexity index is 774. The molecule has 11 heteroatoms. The predicted molar refractivity (Wildman–Crippen MR) is 81.1 cm³/mol. The number of amides is 1. The van der Waals surface area contributed by atoms with Crippen molar-refractivity contribution in [2.24, 2.45) is 0 Å². The van der Waals surface area contributed by atoms with Crippen LogP contribution >= 0.6 is 33.0 Å². The summed E-state index contributed by atoms with van der Waals surface area (Å²) in [5.41, 5.74) is -0.211. The molecule has 1 rings (SSSR count). The molecule has 21 heavy (non-hydrogen) atoms. The molecule has 0 fully saturated rings. The van der Waals surface area contributed by atoms with Crippen molar-refractivity contribution in [2.45, 2.75) is 29.6 Å². The van der Waals surface area contributed by atoms with E-state index in [0.717, 1.165) is 6.07 Å². The fourth-order valence-electron chi connectivity index (χ4n) is 1.46. The van der Waals surface area contributed by atoms with Crippen LogP contribution in [0.5, 0.6) is 0 Å². The van der Waals surface area contributed by atoms with E-state index in [2.05, 4.69) is 5.32 Å². The molecule has 0 saturated heterocycles. The van der Waals surface area contributed by atoms with Crippen LogP contribution < -0.4 is 5.32 Å². The van der Waals surface area contributed by atoms with Crippen LogP contribution in [0.4, 0.5) is 5.69 Å². The molecule has 0 saturated carbocycles. The molecule has 118 valence electrons. The van der Waals surface area contributed by atoms with Crippen molar-refractivity contribution in [1.29, 1.82) is 0 Å². The normalized spacial score (nSPS) is 12.2. The van der Waals surface area contributed by atoms with Crippen LogP contribution in [-0.2, 0) is 22.9 Å². The standard InChI is InChI=1S/C10H10Cl3NO5S2/c1-2-3-10(15)14-7-4-6(11)8(20(12,16)17)5-9(7)21(13,18)19/h4-5H,2-3H2,1H3,(H,14,15). The maximum Gasteiger partial charge on any atom is 0.263 e. The maximum atomic E-state index is 11.5. The molecule has 1 amide bonds. The minimum absolute atomic E-state index is 0.148. The number of anilines is 1. The van der Waals surface area contributed by atoms with E-state index >= 15 is 0 Å². The van der Waals surface area contributed by atoms with E-state index in [1.54, 1.807) is 6.92 Å². The van der Waals surface area contributed by atoms with E-state index in [1.807, 2.05) is 0 Å². The molecule has 1 aromatic carbocycles. The molecule has 6 nitrogen and oxygen atoms in total. The van der Waals surface area contributed by atoms with Gasteiger partial charge < -0.3 is 5.32 Å². The zero-order valence-corrected chi connectivity index (χ0v) is 14.5. The average Bonchev–Trinajstić information content (AvgIpc) is 2.25. The quantitative estimate of drug-likeness (QED) is 0.774. The fourth-order valence-corrected chi connectivity index (χ4v) is 4.07. The van der Waals surface area contributed by atoms with Gasteiger partial charge in [0.25, 0.3) is 18.1 Å². The van der Waals surface area contributed by atoms with Crippen LogP contribution in [0.3, 0.4) is 0 Å². The molecule has 1 aromatic rings. The Morgan fingerprint density at radius 2 is 1.62 bits per heavy atom. The van der Waals surface area contributed by atoms with Crippen LogP contribution in [0.25, 0.3) is 0 Å². The molecule has 0 aromatic heterocycles. The van der Waals surface area contributed by atoms with E-state index in [0.29, 0.717) is 12.5 Å². The van der Waals surface area contributed by atoms with Gasteiger partial charge in [-0.05, 0) is 18.6 Å². The first-order valence-corrected chi connectivity index (χ1v) is 10.5. The highest BCUT2D eigenvalue weighted by Crippen LogP contribution is 2.34. The number of benzene rings is 1. The summed E-state index contributed by atoms with van der Waals surface area (Å²) in [6.45, 7) is 1.76. The highest BCUT2D eigenvalue weighted by molar-refractivity contribution is 8.14. The molecular weight excluding hydrogens is 385 g/mol. The number of carbonyl (C=O) groups is 1. The highest BCUT2D eigenvalue weighted by atomic mass is 35.7. The number of hydrogen-bond acceptors (Lipinski definition) is 5. The van der Waals surface area contributed by atoms with E-state index in [4.69, 9.17) is 33.0 Å². The molecule has 0 aliphatic carbocycles. The lowest BCUT2D eigenvalue weighted by molar-refractivity contribution is -0.116. The van der Waals surface area contributed by atoms with Gasteiger partial charge >= 0.3 is 0 Å². The number of rotatable bonds is 5. The summed E-state index contributed by atoms with van der Waals surface area (Å²) >= 11 is 5.74. The molecule has 0 unspecified atom stereocenters. The second-order valence-electron chi connectivity index (χ2n) is 3.95. The Morgan fingerprint density at radius 1 is 1.10 bits per heavy atom. The second kappa shape index (κ2) is 6.70. The summed E-state index contributed by atoms with van der Waals surface area (Å²) < 4.78 is 45.7. The number of halogens is 3. The van der Waals surface area contributed by atoms with E-state index in [1.165, 1.54) is 0 Å². The second-order valence-corrected chi connectivity index (χ2v) is 9.43. The highest BCUT2D eigenvalue weighted by Gasteiger charge is 2.24. The van der Waals surface area contributed by atoms with Gasteiger partial charge in [-0.15, -0.1) is 0 Å². The monoisotopic (exact) mass is 393 g/mol. The number of hydrogen-bond donors (Lipinski definition) is 1. The van der Waals surface area contributed by atoms with Gasteiger partial charge in [-0.2, -0.15) is 0 Å². The summed E-state index contributed by atoms with van der Waals surface area (Å²) in [6, 6.07) is 1.67. The van der Waals surface area contributed by atoms with Crippen molar-refractivity contribution in [3.05, 3.63) is 17.2 Å². The van der Waals surface area contributed by atoms with E-state index in [-0.39, 0.29) is 17.1 Å². The van der Waals surface area contributed by atoms with Crippen molar-refractivity contribution < 1.29 is 21.6 Å². The Hall–Kier alpha value is -0.540. The minimum Gasteiger partial charge on any atom is -0.325 e. The van der Waals surface area contributed by atoms with Gasteiger partial charge in [0.05, 0.1) is 10.7 Å². The van der Waals surface area contributed by atoms with Crippen molar-refractivity contribution in [1.82, 2.24) is 0 Å². The van der Waals surface area contributed by atoms with Gasteiger partial charge in [0.15, 0.2) is 0 Å². The number of carbonyl (C=O) groups excluding carboxylic acids is 1. The van der Waals surface area contributed by atoms with Gasteiger partial charge in [0.1, 0.15) is 9.79 Å². The van der Waals surface area contributed by atoms with E-state index in [9.17, 15) is 21.6 Å². The number of nitrogens with one attached hydrogen (secondary N) is 1. The SMILES string of the molecule is CCCC(=O)Nc1cc(Cl)c(S(=O)(=O)Cl)cc1S(=O)(=O)Cl. The molecule has 0 spiro atoms. The zero-order chi connectivity index (χ0) is 16.4. The summed E-state index contributed by atoms with van der Waals surface area (Å²) in [6.07, 6.45) is 0.686. The third-order valence-electron chi connectivity index (χ3n) is 2.31. The fraction of sp³-hybridized carbons (Fsp3) is 0.300. The van der Waals surface area contributed by atoms with Crippen molar-refractivity contribution in [2.75, 3.05) is 5.32 Å².